The number of hydrogen-bond acceptors (Lipinski definition) is 1. The minimum atomic E-state index is -0.196. The lowest BCUT2D eigenvalue weighted by Gasteiger charge is -2.06. The molecule has 0 aliphatic rings. The molecule has 0 aliphatic heterocycles. The van der Waals surface area contributed by atoms with Crippen LogP contribution in [0.3, 0.4) is 0 Å². The summed E-state index contributed by atoms with van der Waals surface area (Å²) in [5.74, 6) is -0.196. The lowest BCUT2D eigenvalue weighted by Crippen LogP contribution is -2.16. The average molecular weight is 230 g/mol. The summed E-state index contributed by atoms with van der Waals surface area (Å²) < 4.78 is 13.3. The second-order valence-electron chi connectivity index (χ2n) is 3.55. The molecule has 0 spiro atoms. The lowest BCUT2D eigenvalue weighted by atomic mass is 10.1. The number of halogens is 2. The zero-order valence-electron chi connectivity index (χ0n) is 9.02. The standard InChI is InChI=1S/C12H17ClFN/c1-2-8-15-9-4-5-10-11(13)6-3-7-12(10)14/h3,6-7,15H,2,4-5,8-9H2,1H3. The predicted octanol–water partition coefficient (Wildman–Crippen LogP) is 3.41. The van der Waals surface area contributed by atoms with Gasteiger partial charge in [-0.2, -0.15) is 0 Å². The van der Waals surface area contributed by atoms with E-state index in [4.69, 9.17) is 11.6 Å². The topological polar surface area (TPSA) is 12.0 Å². The summed E-state index contributed by atoms with van der Waals surface area (Å²) in [6, 6.07) is 4.83. The Morgan fingerprint density at radius 2 is 2.13 bits per heavy atom. The van der Waals surface area contributed by atoms with Crippen molar-refractivity contribution >= 4 is 11.6 Å². The van der Waals surface area contributed by atoms with E-state index in [2.05, 4.69) is 12.2 Å². The number of benzene rings is 1. The zero-order chi connectivity index (χ0) is 11.1. The van der Waals surface area contributed by atoms with Gasteiger partial charge in [0.2, 0.25) is 0 Å². The van der Waals surface area contributed by atoms with Gasteiger partial charge in [-0.25, -0.2) is 4.39 Å². The normalized spacial score (nSPS) is 10.6. The quantitative estimate of drug-likeness (QED) is 0.738. The van der Waals surface area contributed by atoms with Crippen molar-refractivity contribution in [3.05, 3.63) is 34.6 Å². The van der Waals surface area contributed by atoms with Gasteiger partial charge < -0.3 is 5.32 Å². The lowest BCUT2D eigenvalue weighted by molar-refractivity contribution is 0.592. The monoisotopic (exact) mass is 229 g/mol. The first-order valence-corrected chi connectivity index (χ1v) is 5.77. The highest BCUT2D eigenvalue weighted by molar-refractivity contribution is 6.31. The summed E-state index contributed by atoms with van der Waals surface area (Å²) in [5, 5.41) is 3.81. The molecule has 1 N–H and O–H groups in total. The van der Waals surface area contributed by atoms with Crippen LogP contribution in [0.1, 0.15) is 25.3 Å². The fraction of sp³-hybridized carbons (Fsp3) is 0.500. The van der Waals surface area contributed by atoms with Crippen LogP contribution < -0.4 is 5.32 Å². The summed E-state index contributed by atoms with van der Waals surface area (Å²) in [6.07, 6.45) is 2.74. The van der Waals surface area contributed by atoms with Gasteiger partial charge in [-0.15, -0.1) is 0 Å². The summed E-state index contributed by atoms with van der Waals surface area (Å²) >= 11 is 5.91. The Balaban J connectivity index is 2.37. The first-order chi connectivity index (χ1) is 7.25. The van der Waals surface area contributed by atoms with Crippen molar-refractivity contribution < 1.29 is 4.39 Å². The first-order valence-electron chi connectivity index (χ1n) is 5.39. The zero-order valence-corrected chi connectivity index (χ0v) is 9.78. The fourth-order valence-electron chi connectivity index (χ4n) is 1.46. The van der Waals surface area contributed by atoms with Gasteiger partial charge >= 0.3 is 0 Å². The van der Waals surface area contributed by atoms with E-state index in [1.54, 1.807) is 12.1 Å². The molecular formula is C12H17ClFN. The van der Waals surface area contributed by atoms with Crippen LogP contribution in [0.5, 0.6) is 0 Å². The van der Waals surface area contributed by atoms with Crippen molar-refractivity contribution in [1.82, 2.24) is 5.32 Å². The van der Waals surface area contributed by atoms with Crippen LogP contribution in [0.25, 0.3) is 0 Å². The molecule has 1 aromatic rings. The van der Waals surface area contributed by atoms with E-state index in [0.29, 0.717) is 17.0 Å². The van der Waals surface area contributed by atoms with Crippen LogP contribution in [-0.4, -0.2) is 13.1 Å². The van der Waals surface area contributed by atoms with Gasteiger partial charge in [-0.05, 0) is 44.5 Å². The van der Waals surface area contributed by atoms with Crippen molar-refractivity contribution in [2.75, 3.05) is 13.1 Å². The van der Waals surface area contributed by atoms with Gasteiger partial charge in [0, 0.05) is 10.6 Å². The fourth-order valence-corrected chi connectivity index (χ4v) is 1.72. The molecule has 1 nitrogen and oxygen atoms in total. The van der Waals surface area contributed by atoms with Crippen LogP contribution in [0.2, 0.25) is 5.02 Å². The molecule has 0 bridgehead atoms. The highest BCUT2D eigenvalue weighted by Crippen LogP contribution is 2.20. The summed E-state index contributed by atoms with van der Waals surface area (Å²) in [4.78, 5) is 0. The van der Waals surface area contributed by atoms with Crippen molar-refractivity contribution in [1.29, 1.82) is 0 Å². The number of hydrogen-bond donors (Lipinski definition) is 1. The highest BCUT2D eigenvalue weighted by Gasteiger charge is 2.05. The van der Waals surface area contributed by atoms with E-state index < -0.39 is 0 Å². The second kappa shape index (κ2) is 6.81. The van der Waals surface area contributed by atoms with Crippen molar-refractivity contribution in [3.63, 3.8) is 0 Å². The molecule has 0 saturated carbocycles. The van der Waals surface area contributed by atoms with Gasteiger partial charge in [-0.1, -0.05) is 24.6 Å². The molecule has 15 heavy (non-hydrogen) atoms. The molecule has 0 unspecified atom stereocenters. The molecule has 84 valence electrons. The SMILES string of the molecule is CCCNCCCc1c(F)cccc1Cl. The molecule has 1 aromatic carbocycles. The molecular weight excluding hydrogens is 213 g/mol. The maximum atomic E-state index is 13.3. The molecule has 0 aromatic heterocycles. The largest absolute Gasteiger partial charge is 0.317 e. The van der Waals surface area contributed by atoms with E-state index in [1.807, 2.05) is 0 Å². The Kier molecular flexibility index (Phi) is 5.66. The minimum absolute atomic E-state index is 0.196. The third-order valence-corrected chi connectivity index (χ3v) is 2.62. The molecule has 0 aliphatic carbocycles. The molecule has 1 rings (SSSR count). The minimum Gasteiger partial charge on any atom is -0.317 e. The van der Waals surface area contributed by atoms with Crippen LogP contribution >= 0.6 is 11.6 Å². The smallest absolute Gasteiger partial charge is 0.127 e. The maximum Gasteiger partial charge on any atom is 0.127 e. The van der Waals surface area contributed by atoms with E-state index in [9.17, 15) is 4.39 Å². The second-order valence-corrected chi connectivity index (χ2v) is 3.96. The highest BCUT2D eigenvalue weighted by atomic mass is 35.5. The molecule has 0 saturated heterocycles. The van der Waals surface area contributed by atoms with E-state index in [0.717, 1.165) is 25.9 Å². The van der Waals surface area contributed by atoms with Gasteiger partial charge in [0.15, 0.2) is 0 Å². The van der Waals surface area contributed by atoms with Crippen LogP contribution in [0.15, 0.2) is 18.2 Å². The Hall–Kier alpha value is -0.600. The van der Waals surface area contributed by atoms with Crippen LogP contribution in [0.4, 0.5) is 4.39 Å². The van der Waals surface area contributed by atoms with Gasteiger partial charge in [0.05, 0.1) is 0 Å². The Bertz CT molecular complexity index is 281. The number of nitrogens with one attached hydrogen (secondary N) is 1. The van der Waals surface area contributed by atoms with E-state index in [1.165, 1.54) is 6.07 Å². The van der Waals surface area contributed by atoms with Crippen LogP contribution in [0, 0.1) is 5.82 Å². The maximum absolute atomic E-state index is 13.3. The molecule has 0 amide bonds. The molecule has 3 heteroatoms. The molecule has 0 radical (unpaired) electrons. The Morgan fingerprint density at radius 3 is 2.80 bits per heavy atom. The average Bonchev–Trinajstić information content (AvgIpc) is 2.21. The van der Waals surface area contributed by atoms with Crippen molar-refractivity contribution in [3.8, 4) is 0 Å². The van der Waals surface area contributed by atoms with Gasteiger partial charge in [-0.3, -0.25) is 0 Å². The summed E-state index contributed by atoms with van der Waals surface area (Å²) in [7, 11) is 0. The first kappa shape index (κ1) is 12.5. The van der Waals surface area contributed by atoms with Gasteiger partial charge in [0.1, 0.15) is 5.82 Å². The third kappa shape index (κ3) is 4.18. The predicted molar refractivity (Wildman–Crippen MR) is 62.9 cm³/mol. The Morgan fingerprint density at radius 1 is 1.33 bits per heavy atom. The number of rotatable bonds is 6. The summed E-state index contributed by atoms with van der Waals surface area (Å²) in [5.41, 5.74) is 0.637. The van der Waals surface area contributed by atoms with E-state index in [-0.39, 0.29) is 5.82 Å². The molecule has 0 heterocycles. The van der Waals surface area contributed by atoms with E-state index >= 15 is 0 Å². The summed E-state index contributed by atoms with van der Waals surface area (Å²) in [6.45, 7) is 4.06. The third-order valence-electron chi connectivity index (χ3n) is 2.27. The molecule has 0 fully saturated rings. The van der Waals surface area contributed by atoms with Gasteiger partial charge in [0.25, 0.3) is 0 Å². The van der Waals surface area contributed by atoms with Crippen molar-refractivity contribution in [2.45, 2.75) is 26.2 Å². The molecule has 0 atom stereocenters. The Labute approximate surface area is 95.6 Å². The van der Waals surface area contributed by atoms with Crippen molar-refractivity contribution in [2.24, 2.45) is 0 Å². The van der Waals surface area contributed by atoms with Crippen LogP contribution in [-0.2, 0) is 6.42 Å².